The lowest BCUT2D eigenvalue weighted by Gasteiger charge is -2.21. The minimum absolute atomic E-state index is 0.104. The summed E-state index contributed by atoms with van der Waals surface area (Å²) >= 11 is 0. The molecule has 0 spiro atoms. The zero-order chi connectivity index (χ0) is 12.3. The second-order valence-corrected chi connectivity index (χ2v) is 4.47. The fraction of sp³-hybridized carbons (Fsp3) is 0.818. The van der Waals surface area contributed by atoms with Crippen LogP contribution in [0.5, 0.6) is 0 Å². The summed E-state index contributed by atoms with van der Waals surface area (Å²) in [4.78, 5) is 23.8. The van der Waals surface area contributed by atoms with Gasteiger partial charge in [0.1, 0.15) is 0 Å². The molecule has 1 aliphatic heterocycles. The van der Waals surface area contributed by atoms with E-state index in [0.717, 1.165) is 12.8 Å². The van der Waals surface area contributed by atoms with Crippen molar-refractivity contribution in [2.75, 3.05) is 13.1 Å². The average Bonchev–Trinajstić information content (AvgIpc) is 2.61. The fourth-order valence-corrected chi connectivity index (χ4v) is 2.00. The molecule has 0 saturated carbocycles. The zero-order valence-electron chi connectivity index (χ0n) is 9.70. The molecule has 1 heterocycles. The first-order valence-electron chi connectivity index (χ1n) is 5.62. The van der Waals surface area contributed by atoms with Crippen LogP contribution < -0.4 is 0 Å². The van der Waals surface area contributed by atoms with Crippen molar-refractivity contribution < 1.29 is 19.1 Å². The predicted molar refractivity (Wildman–Crippen MR) is 56.7 cm³/mol. The number of carbonyl (C=O) groups is 2. The van der Waals surface area contributed by atoms with Gasteiger partial charge < -0.3 is 10.0 Å². The van der Waals surface area contributed by atoms with E-state index in [2.05, 4.69) is 0 Å². The van der Waals surface area contributed by atoms with Crippen LogP contribution in [0.1, 0.15) is 33.1 Å². The molecule has 5 heteroatoms. The highest BCUT2D eigenvalue weighted by Gasteiger charge is 2.47. The van der Waals surface area contributed by atoms with Crippen LogP contribution in [0.2, 0.25) is 0 Å². The molecule has 0 radical (unpaired) electrons. The van der Waals surface area contributed by atoms with Crippen molar-refractivity contribution in [2.24, 2.45) is 5.92 Å². The normalized spacial score (nSPS) is 26.8. The van der Waals surface area contributed by atoms with Crippen molar-refractivity contribution in [1.82, 2.24) is 4.90 Å². The monoisotopic (exact) mass is 231 g/mol. The molecule has 1 fully saturated rings. The maximum atomic E-state index is 13.7. The topological polar surface area (TPSA) is 57.6 Å². The van der Waals surface area contributed by atoms with Crippen LogP contribution in [0.4, 0.5) is 4.39 Å². The Hall–Kier alpha value is -1.13. The summed E-state index contributed by atoms with van der Waals surface area (Å²) in [6.45, 7) is 3.67. The zero-order valence-corrected chi connectivity index (χ0v) is 9.70. The highest BCUT2D eigenvalue weighted by molar-refractivity contribution is 5.83. The Morgan fingerprint density at radius 1 is 1.56 bits per heavy atom. The number of carboxylic acids is 1. The first-order valence-corrected chi connectivity index (χ1v) is 5.62. The van der Waals surface area contributed by atoms with Crippen molar-refractivity contribution in [3.05, 3.63) is 0 Å². The Bertz CT molecular complexity index is 295. The van der Waals surface area contributed by atoms with E-state index in [1.807, 2.05) is 6.92 Å². The van der Waals surface area contributed by atoms with Crippen molar-refractivity contribution in [1.29, 1.82) is 0 Å². The van der Waals surface area contributed by atoms with Crippen LogP contribution in [-0.4, -0.2) is 40.6 Å². The number of carboxylic acid groups (broad SMARTS) is 1. The molecule has 0 aromatic rings. The first-order chi connectivity index (χ1) is 7.40. The molecule has 2 unspecified atom stereocenters. The molecule has 1 saturated heterocycles. The van der Waals surface area contributed by atoms with Gasteiger partial charge in [0.15, 0.2) is 0 Å². The lowest BCUT2D eigenvalue weighted by Crippen LogP contribution is -2.40. The highest BCUT2D eigenvalue weighted by Crippen LogP contribution is 2.27. The van der Waals surface area contributed by atoms with Gasteiger partial charge in [0, 0.05) is 18.9 Å². The fourth-order valence-electron chi connectivity index (χ4n) is 2.00. The van der Waals surface area contributed by atoms with E-state index in [1.54, 1.807) is 6.92 Å². The van der Waals surface area contributed by atoms with Gasteiger partial charge in [-0.05, 0) is 6.42 Å². The molecule has 0 aromatic carbocycles. The minimum atomic E-state index is -2.25. The third-order valence-corrected chi connectivity index (χ3v) is 3.06. The van der Waals surface area contributed by atoms with Crippen LogP contribution in [0, 0.1) is 5.92 Å². The number of likely N-dealkylation sites (tertiary alicyclic amines) is 1. The van der Waals surface area contributed by atoms with E-state index >= 15 is 0 Å². The smallest absolute Gasteiger partial charge is 0.343 e. The van der Waals surface area contributed by atoms with Crippen LogP contribution >= 0.6 is 0 Å². The number of alkyl halides is 1. The van der Waals surface area contributed by atoms with Gasteiger partial charge in [-0.3, -0.25) is 4.79 Å². The molecule has 2 atom stereocenters. The Kier molecular flexibility index (Phi) is 3.88. The maximum absolute atomic E-state index is 13.7. The summed E-state index contributed by atoms with van der Waals surface area (Å²) in [5.74, 6) is -1.75. The van der Waals surface area contributed by atoms with E-state index in [0.29, 0.717) is 0 Å². The van der Waals surface area contributed by atoms with Gasteiger partial charge in [0.25, 0.3) is 0 Å². The van der Waals surface area contributed by atoms with E-state index < -0.39 is 11.6 Å². The van der Waals surface area contributed by atoms with Gasteiger partial charge in [0.05, 0.1) is 6.54 Å². The highest BCUT2D eigenvalue weighted by atomic mass is 19.1. The Balaban J connectivity index is 2.59. The lowest BCUT2D eigenvalue weighted by atomic mass is 10.0. The molecular weight excluding hydrogens is 213 g/mol. The van der Waals surface area contributed by atoms with Crippen LogP contribution in [-0.2, 0) is 9.59 Å². The summed E-state index contributed by atoms with van der Waals surface area (Å²) in [5.41, 5.74) is -2.25. The molecule has 1 amide bonds. The average molecular weight is 231 g/mol. The molecule has 1 N–H and O–H groups in total. The number of hydrogen-bond acceptors (Lipinski definition) is 2. The SMILES string of the molecule is CCCC(C)C(=O)N1CCC(F)(C(=O)O)C1. The standard InChI is InChI=1S/C11H18FNO3/c1-3-4-8(2)9(14)13-6-5-11(12,7-13)10(15)16/h8H,3-7H2,1-2H3,(H,15,16). The maximum Gasteiger partial charge on any atom is 0.343 e. The van der Waals surface area contributed by atoms with Crippen LogP contribution in [0.25, 0.3) is 0 Å². The van der Waals surface area contributed by atoms with Crippen molar-refractivity contribution in [3.8, 4) is 0 Å². The van der Waals surface area contributed by atoms with Crippen LogP contribution in [0.15, 0.2) is 0 Å². The van der Waals surface area contributed by atoms with Gasteiger partial charge >= 0.3 is 5.97 Å². The molecule has 16 heavy (non-hydrogen) atoms. The van der Waals surface area contributed by atoms with E-state index in [9.17, 15) is 14.0 Å². The molecular formula is C11H18FNO3. The lowest BCUT2D eigenvalue weighted by molar-refractivity contribution is -0.150. The summed E-state index contributed by atoms with van der Waals surface area (Å²) in [6, 6.07) is 0. The third kappa shape index (κ3) is 2.51. The number of halogens is 1. The molecule has 1 aliphatic rings. The molecule has 92 valence electrons. The predicted octanol–water partition coefficient (Wildman–Crippen LogP) is 1.45. The van der Waals surface area contributed by atoms with Gasteiger partial charge in [-0.2, -0.15) is 0 Å². The Morgan fingerprint density at radius 3 is 2.62 bits per heavy atom. The van der Waals surface area contributed by atoms with Gasteiger partial charge in [-0.25, -0.2) is 9.18 Å². The number of rotatable bonds is 4. The molecule has 0 bridgehead atoms. The van der Waals surface area contributed by atoms with Gasteiger partial charge in [-0.1, -0.05) is 20.3 Å². The molecule has 1 rings (SSSR count). The number of carbonyl (C=O) groups excluding carboxylic acids is 1. The van der Waals surface area contributed by atoms with Crippen molar-refractivity contribution >= 4 is 11.9 Å². The van der Waals surface area contributed by atoms with Gasteiger partial charge in [0.2, 0.25) is 11.6 Å². The second-order valence-electron chi connectivity index (χ2n) is 4.47. The van der Waals surface area contributed by atoms with E-state index in [-0.39, 0.29) is 31.3 Å². The van der Waals surface area contributed by atoms with Crippen molar-refractivity contribution in [2.45, 2.75) is 38.8 Å². The number of amides is 1. The Morgan fingerprint density at radius 2 is 2.19 bits per heavy atom. The number of aliphatic carboxylic acids is 1. The van der Waals surface area contributed by atoms with Gasteiger partial charge in [-0.15, -0.1) is 0 Å². The summed E-state index contributed by atoms with van der Waals surface area (Å²) < 4.78 is 13.7. The molecule has 4 nitrogen and oxygen atoms in total. The summed E-state index contributed by atoms with van der Waals surface area (Å²) in [5, 5.41) is 8.70. The number of hydrogen-bond donors (Lipinski definition) is 1. The summed E-state index contributed by atoms with van der Waals surface area (Å²) in [6.07, 6.45) is 1.54. The molecule has 0 aliphatic carbocycles. The third-order valence-electron chi connectivity index (χ3n) is 3.06. The van der Waals surface area contributed by atoms with Crippen LogP contribution in [0.3, 0.4) is 0 Å². The summed E-state index contributed by atoms with van der Waals surface area (Å²) in [7, 11) is 0. The first kappa shape index (κ1) is 12.9. The van der Waals surface area contributed by atoms with E-state index in [1.165, 1.54) is 4.90 Å². The molecule has 0 aromatic heterocycles. The quantitative estimate of drug-likeness (QED) is 0.796. The largest absolute Gasteiger partial charge is 0.479 e. The van der Waals surface area contributed by atoms with E-state index in [4.69, 9.17) is 5.11 Å². The minimum Gasteiger partial charge on any atom is -0.479 e. The second kappa shape index (κ2) is 4.80. The number of nitrogens with zero attached hydrogens (tertiary/aromatic N) is 1. The van der Waals surface area contributed by atoms with Crippen molar-refractivity contribution in [3.63, 3.8) is 0 Å². The Labute approximate surface area is 94.4 Å².